The van der Waals surface area contributed by atoms with Gasteiger partial charge in [-0.2, -0.15) is 0 Å². The molecule has 1 aliphatic heterocycles. The zero-order valence-electron chi connectivity index (χ0n) is 10.9. The van der Waals surface area contributed by atoms with Gasteiger partial charge in [-0.25, -0.2) is 9.88 Å². The van der Waals surface area contributed by atoms with Crippen molar-refractivity contribution in [3.8, 4) is 11.8 Å². The van der Waals surface area contributed by atoms with Gasteiger partial charge in [0.15, 0.2) is 0 Å². The SMILES string of the molecule is O=C1Cc2ccccc2C(=O)N1c1ncc(C#CCO)s1. The van der Waals surface area contributed by atoms with Crippen LogP contribution in [-0.4, -0.2) is 28.5 Å². The summed E-state index contributed by atoms with van der Waals surface area (Å²) in [4.78, 5) is 30.4. The third kappa shape index (κ3) is 2.44. The Balaban J connectivity index is 1.97. The van der Waals surface area contributed by atoms with Crippen LogP contribution in [0.25, 0.3) is 0 Å². The lowest BCUT2D eigenvalue weighted by Gasteiger charge is -2.24. The number of aromatic nitrogens is 1. The van der Waals surface area contributed by atoms with Crippen LogP contribution in [0.4, 0.5) is 5.13 Å². The third-order valence-corrected chi connectivity index (χ3v) is 3.92. The van der Waals surface area contributed by atoms with E-state index >= 15 is 0 Å². The maximum Gasteiger partial charge on any atom is 0.267 e. The molecule has 0 fully saturated rings. The molecule has 0 spiro atoms. The van der Waals surface area contributed by atoms with Crippen molar-refractivity contribution in [2.45, 2.75) is 6.42 Å². The first-order valence-corrected chi connectivity index (χ1v) is 7.03. The minimum atomic E-state index is -0.363. The van der Waals surface area contributed by atoms with Crippen molar-refractivity contribution in [1.29, 1.82) is 0 Å². The van der Waals surface area contributed by atoms with Gasteiger partial charge < -0.3 is 5.11 Å². The normalized spacial score (nSPS) is 13.7. The van der Waals surface area contributed by atoms with Crippen LogP contribution in [0.3, 0.4) is 0 Å². The van der Waals surface area contributed by atoms with Gasteiger partial charge in [-0.15, -0.1) is 0 Å². The highest BCUT2D eigenvalue weighted by Gasteiger charge is 2.33. The molecule has 104 valence electrons. The molecule has 2 heterocycles. The Morgan fingerprint density at radius 1 is 1.33 bits per heavy atom. The van der Waals surface area contributed by atoms with E-state index in [1.165, 1.54) is 6.20 Å². The first-order valence-electron chi connectivity index (χ1n) is 6.21. The molecule has 0 bridgehead atoms. The van der Waals surface area contributed by atoms with Crippen LogP contribution in [0.15, 0.2) is 30.5 Å². The van der Waals surface area contributed by atoms with E-state index < -0.39 is 0 Å². The van der Waals surface area contributed by atoms with Gasteiger partial charge in [-0.05, 0) is 11.6 Å². The molecule has 0 radical (unpaired) electrons. The van der Waals surface area contributed by atoms with Crippen molar-refractivity contribution < 1.29 is 14.7 Å². The minimum Gasteiger partial charge on any atom is -0.384 e. The van der Waals surface area contributed by atoms with E-state index in [4.69, 9.17) is 5.11 Å². The molecule has 0 saturated heterocycles. The van der Waals surface area contributed by atoms with E-state index in [2.05, 4.69) is 16.8 Å². The van der Waals surface area contributed by atoms with Gasteiger partial charge in [0.2, 0.25) is 11.0 Å². The van der Waals surface area contributed by atoms with Crippen LogP contribution in [0.5, 0.6) is 0 Å². The summed E-state index contributed by atoms with van der Waals surface area (Å²) in [5, 5.41) is 8.98. The summed E-state index contributed by atoms with van der Waals surface area (Å²) >= 11 is 1.15. The maximum atomic E-state index is 12.4. The number of fused-ring (bicyclic) bond motifs is 1. The molecule has 0 aliphatic carbocycles. The standard InChI is InChI=1S/C15H10N2O3S/c18-7-3-5-11-9-16-15(21-11)17-13(19)8-10-4-1-2-6-12(10)14(17)20/h1-2,4,6,9,18H,7-8H2. The van der Waals surface area contributed by atoms with Gasteiger partial charge in [0.05, 0.1) is 17.5 Å². The summed E-state index contributed by atoms with van der Waals surface area (Å²) in [5.41, 5.74) is 1.26. The second-order valence-corrected chi connectivity index (χ2v) is 5.34. The van der Waals surface area contributed by atoms with Crippen molar-refractivity contribution in [2.75, 3.05) is 11.5 Å². The van der Waals surface area contributed by atoms with Gasteiger partial charge in [0.25, 0.3) is 5.91 Å². The molecule has 0 atom stereocenters. The van der Waals surface area contributed by atoms with Gasteiger partial charge in [0.1, 0.15) is 6.61 Å². The molecule has 0 unspecified atom stereocenters. The molecular formula is C15H10N2O3S. The van der Waals surface area contributed by atoms with Crippen LogP contribution < -0.4 is 4.90 Å². The Labute approximate surface area is 124 Å². The molecule has 1 aromatic heterocycles. The van der Waals surface area contributed by atoms with Gasteiger partial charge in [0, 0.05) is 5.56 Å². The average molecular weight is 298 g/mol. The highest BCUT2D eigenvalue weighted by molar-refractivity contribution is 7.16. The largest absolute Gasteiger partial charge is 0.384 e. The number of anilines is 1. The summed E-state index contributed by atoms with van der Waals surface area (Å²) in [7, 11) is 0. The number of hydrogen-bond donors (Lipinski definition) is 1. The number of nitrogens with zero attached hydrogens (tertiary/aromatic N) is 2. The van der Waals surface area contributed by atoms with E-state index in [1.807, 2.05) is 0 Å². The molecule has 1 N–H and O–H groups in total. The molecular weight excluding hydrogens is 288 g/mol. The second-order valence-electron chi connectivity index (χ2n) is 4.34. The minimum absolute atomic E-state index is 0.180. The number of carbonyl (C=O) groups is 2. The van der Waals surface area contributed by atoms with Gasteiger partial charge in [-0.3, -0.25) is 9.59 Å². The van der Waals surface area contributed by atoms with Crippen LogP contribution in [0, 0.1) is 11.8 Å². The highest BCUT2D eigenvalue weighted by Crippen LogP contribution is 2.28. The molecule has 21 heavy (non-hydrogen) atoms. The molecule has 5 nitrogen and oxygen atoms in total. The fraction of sp³-hybridized carbons (Fsp3) is 0.133. The summed E-state index contributed by atoms with van der Waals surface area (Å²) in [6.07, 6.45) is 1.67. The van der Waals surface area contributed by atoms with E-state index in [1.54, 1.807) is 24.3 Å². The summed E-state index contributed by atoms with van der Waals surface area (Å²) in [6.45, 7) is -0.248. The first kappa shape index (κ1) is 13.5. The van der Waals surface area contributed by atoms with Crippen molar-refractivity contribution in [2.24, 2.45) is 0 Å². The van der Waals surface area contributed by atoms with Crippen molar-refractivity contribution >= 4 is 28.3 Å². The quantitative estimate of drug-likeness (QED) is 0.635. The van der Waals surface area contributed by atoms with E-state index in [0.29, 0.717) is 15.6 Å². The summed E-state index contributed by atoms with van der Waals surface area (Å²) in [6, 6.07) is 7.06. The fourth-order valence-corrected chi connectivity index (χ4v) is 2.91. The third-order valence-electron chi connectivity index (χ3n) is 3.02. The predicted octanol–water partition coefficient (Wildman–Crippen LogP) is 1.22. The lowest BCUT2D eigenvalue weighted by Crippen LogP contribution is -2.42. The highest BCUT2D eigenvalue weighted by atomic mass is 32.1. The zero-order chi connectivity index (χ0) is 14.8. The molecule has 0 saturated carbocycles. The summed E-state index contributed by atoms with van der Waals surface area (Å²) in [5.74, 6) is 4.56. The number of carbonyl (C=O) groups excluding carboxylic acids is 2. The van der Waals surface area contributed by atoms with Gasteiger partial charge in [-0.1, -0.05) is 41.4 Å². The van der Waals surface area contributed by atoms with Crippen LogP contribution in [0.1, 0.15) is 20.8 Å². The number of amides is 2. The Hall–Kier alpha value is -2.49. The topological polar surface area (TPSA) is 70.5 Å². The Morgan fingerprint density at radius 3 is 2.95 bits per heavy atom. The lowest BCUT2D eigenvalue weighted by molar-refractivity contribution is -0.117. The smallest absolute Gasteiger partial charge is 0.267 e. The van der Waals surface area contributed by atoms with E-state index in [9.17, 15) is 9.59 Å². The number of aliphatic hydroxyl groups excluding tert-OH is 1. The lowest BCUT2D eigenvalue weighted by atomic mass is 9.99. The second kappa shape index (κ2) is 5.48. The average Bonchev–Trinajstić information content (AvgIpc) is 2.93. The van der Waals surface area contributed by atoms with Crippen LogP contribution in [0.2, 0.25) is 0 Å². The van der Waals surface area contributed by atoms with E-state index in [0.717, 1.165) is 21.8 Å². The maximum absolute atomic E-state index is 12.4. The van der Waals surface area contributed by atoms with E-state index in [-0.39, 0.29) is 24.8 Å². The van der Waals surface area contributed by atoms with Crippen LogP contribution >= 0.6 is 11.3 Å². The monoisotopic (exact) mass is 298 g/mol. The Kier molecular flexibility index (Phi) is 3.52. The molecule has 1 aromatic carbocycles. The molecule has 3 rings (SSSR count). The number of benzene rings is 1. The predicted molar refractivity (Wildman–Crippen MR) is 78.0 cm³/mol. The first-order chi connectivity index (χ1) is 10.2. The Morgan fingerprint density at radius 2 is 2.14 bits per heavy atom. The van der Waals surface area contributed by atoms with Crippen molar-refractivity contribution in [3.63, 3.8) is 0 Å². The summed E-state index contributed by atoms with van der Waals surface area (Å²) < 4.78 is 0. The van der Waals surface area contributed by atoms with Crippen molar-refractivity contribution in [1.82, 2.24) is 4.98 Å². The number of hydrogen-bond acceptors (Lipinski definition) is 5. The molecule has 2 aromatic rings. The Bertz CT molecular complexity index is 785. The molecule has 2 amide bonds. The number of aliphatic hydroxyl groups is 1. The van der Waals surface area contributed by atoms with Gasteiger partial charge >= 0.3 is 0 Å². The zero-order valence-corrected chi connectivity index (χ0v) is 11.7. The molecule has 1 aliphatic rings. The number of imide groups is 1. The fourth-order valence-electron chi connectivity index (χ4n) is 2.11. The van der Waals surface area contributed by atoms with Crippen LogP contribution in [-0.2, 0) is 11.2 Å². The molecule has 6 heteroatoms. The van der Waals surface area contributed by atoms with Crippen molar-refractivity contribution in [3.05, 3.63) is 46.5 Å². The number of thiazole rings is 1. The number of rotatable bonds is 1.